The maximum absolute atomic E-state index is 12.6. The molecule has 116 valence electrons. The summed E-state index contributed by atoms with van der Waals surface area (Å²) in [6.07, 6.45) is 3.37. The number of nitrogens with zero attached hydrogens (tertiary/aromatic N) is 2. The predicted molar refractivity (Wildman–Crippen MR) is 84.1 cm³/mol. The van der Waals surface area contributed by atoms with E-state index in [1.807, 2.05) is 12.1 Å². The fraction of sp³-hybridized carbons (Fsp3) is 0.250. The van der Waals surface area contributed by atoms with Gasteiger partial charge in [0.1, 0.15) is 5.75 Å². The molecule has 0 aliphatic rings. The molecule has 0 bridgehead atoms. The molecule has 0 aliphatic heterocycles. The van der Waals surface area contributed by atoms with Gasteiger partial charge in [0.2, 0.25) is 0 Å². The van der Waals surface area contributed by atoms with Crippen LogP contribution in [-0.2, 0) is 6.54 Å². The summed E-state index contributed by atoms with van der Waals surface area (Å²) < 4.78 is 5.13. The minimum Gasteiger partial charge on any atom is -0.495 e. The smallest absolute Gasteiger partial charge is 0.254 e. The van der Waals surface area contributed by atoms with Crippen LogP contribution in [0.15, 0.2) is 42.7 Å². The van der Waals surface area contributed by atoms with E-state index in [-0.39, 0.29) is 19.1 Å². The zero-order valence-electron chi connectivity index (χ0n) is 12.2. The molecule has 1 N–H and O–H groups in total. The van der Waals surface area contributed by atoms with Gasteiger partial charge in [-0.2, -0.15) is 0 Å². The molecule has 1 aromatic heterocycles. The van der Waals surface area contributed by atoms with Crippen LogP contribution < -0.4 is 4.74 Å². The molecule has 22 heavy (non-hydrogen) atoms. The quantitative estimate of drug-likeness (QED) is 0.887. The Labute approximate surface area is 134 Å². The third kappa shape index (κ3) is 3.96. The molecule has 1 aromatic carbocycles. The van der Waals surface area contributed by atoms with Gasteiger partial charge in [-0.1, -0.05) is 17.7 Å². The number of aromatic nitrogens is 1. The van der Waals surface area contributed by atoms with E-state index < -0.39 is 0 Å². The van der Waals surface area contributed by atoms with Gasteiger partial charge < -0.3 is 14.7 Å². The van der Waals surface area contributed by atoms with Crippen molar-refractivity contribution in [2.24, 2.45) is 0 Å². The second-order valence-corrected chi connectivity index (χ2v) is 5.07. The summed E-state index contributed by atoms with van der Waals surface area (Å²) in [6, 6.07) is 8.54. The number of methoxy groups -OCH3 is 1. The lowest BCUT2D eigenvalue weighted by molar-refractivity contribution is 0.0707. The molecule has 1 heterocycles. The second kappa shape index (κ2) is 7.77. The van der Waals surface area contributed by atoms with Crippen LogP contribution in [-0.4, -0.2) is 41.2 Å². The lowest BCUT2D eigenvalue weighted by atomic mass is 10.1. The topological polar surface area (TPSA) is 62.7 Å². The van der Waals surface area contributed by atoms with Crippen molar-refractivity contribution in [3.63, 3.8) is 0 Å². The molecular formula is C16H17ClN2O3. The van der Waals surface area contributed by atoms with E-state index in [0.717, 1.165) is 5.56 Å². The fourth-order valence-electron chi connectivity index (χ4n) is 2.06. The Morgan fingerprint density at radius 2 is 2.23 bits per heavy atom. The van der Waals surface area contributed by atoms with Gasteiger partial charge in [0.05, 0.1) is 18.7 Å². The highest BCUT2D eigenvalue weighted by molar-refractivity contribution is 6.32. The number of halogens is 1. The summed E-state index contributed by atoms with van der Waals surface area (Å²) in [6.45, 7) is 0.494. The van der Waals surface area contributed by atoms with E-state index in [1.165, 1.54) is 7.11 Å². The standard InChI is InChI=1S/C16H17ClN2O3/c1-22-15-9-13(4-5-14(15)17)16(21)19(7-8-20)11-12-3-2-6-18-10-12/h2-6,9-10,20H,7-8,11H2,1H3. The Balaban J connectivity index is 2.22. The highest BCUT2D eigenvalue weighted by atomic mass is 35.5. The van der Waals surface area contributed by atoms with Crippen LogP contribution in [0.2, 0.25) is 5.02 Å². The van der Waals surface area contributed by atoms with Gasteiger partial charge in [0.15, 0.2) is 0 Å². The predicted octanol–water partition coefficient (Wildman–Crippen LogP) is 2.38. The van der Waals surface area contributed by atoms with Crippen molar-refractivity contribution >= 4 is 17.5 Å². The Morgan fingerprint density at radius 3 is 2.86 bits per heavy atom. The highest BCUT2D eigenvalue weighted by Crippen LogP contribution is 2.25. The zero-order valence-corrected chi connectivity index (χ0v) is 13.0. The number of aliphatic hydroxyl groups is 1. The van der Waals surface area contributed by atoms with E-state index >= 15 is 0 Å². The molecule has 0 aliphatic carbocycles. The summed E-state index contributed by atoms with van der Waals surface area (Å²) in [5.41, 5.74) is 1.35. The van der Waals surface area contributed by atoms with Gasteiger partial charge in [0.25, 0.3) is 5.91 Å². The summed E-state index contributed by atoms with van der Waals surface area (Å²) in [5, 5.41) is 9.64. The fourth-order valence-corrected chi connectivity index (χ4v) is 2.26. The number of rotatable bonds is 6. The summed E-state index contributed by atoms with van der Waals surface area (Å²) in [7, 11) is 1.50. The molecule has 0 atom stereocenters. The normalized spacial score (nSPS) is 10.3. The molecule has 0 fully saturated rings. The molecule has 1 amide bonds. The third-order valence-corrected chi connectivity index (χ3v) is 3.46. The number of ether oxygens (including phenoxy) is 1. The van der Waals surface area contributed by atoms with Crippen molar-refractivity contribution in [3.05, 3.63) is 58.9 Å². The molecule has 2 rings (SSSR count). The number of amides is 1. The second-order valence-electron chi connectivity index (χ2n) is 4.66. The van der Waals surface area contributed by atoms with Crippen LogP contribution in [0.3, 0.4) is 0 Å². The first-order valence-electron chi connectivity index (χ1n) is 6.78. The summed E-state index contributed by atoms with van der Waals surface area (Å²) >= 11 is 5.97. The van der Waals surface area contributed by atoms with Crippen LogP contribution >= 0.6 is 11.6 Å². The molecule has 0 saturated carbocycles. The molecular weight excluding hydrogens is 304 g/mol. The van der Waals surface area contributed by atoms with Gasteiger partial charge in [-0.25, -0.2) is 0 Å². The Bertz CT molecular complexity index is 635. The van der Waals surface area contributed by atoms with E-state index in [0.29, 0.717) is 22.9 Å². The van der Waals surface area contributed by atoms with Crippen molar-refractivity contribution < 1.29 is 14.6 Å². The number of benzene rings is 1. The first-order valence-corrected chi connectivity index (χ1v) is 7.16. The van der Waals surface area contributed by atoms with Gasteiger partial charge in [0, 0.05) is 31.0 Å². The van der Waals surface area contributed by atoms with Crippen molar-refractivity contribution in [3.8, 4) is 5.75 Å². The maximum atomic E-state index is 12.6. The maximum Gasteiger partial charge on any atom is 0.254 e. The monoisotopic (exact) mass is 320 g/mol. The Kier molecular flexibility index (Phi) is 5.75. The Hall–Kier alpha value is -2.11. The number of carbonyl (C=O) groups excluding carboxylic acids is 1. The van der Waals surface area contributed by atoms with Crippen molar-refractivity contribution in [1.29, 1.82) is 0 Å². The molecule has 0 spiro atoms. The number of pyridine rings is 1. The average molecular weight is 321 g/mol. The van der Waals surface area contributed by atoms with Crippen LogP contribution in [0, 0.1) is 0 Å². The SMILES string of the molecule is COc1cc(C(=O)N(CCO)Cc2cccnc2)ccc1Cl. The summed E-state index contributed by atoms with van der Waals surface area (Å²) in [5.74, 6) is 0.241. The first-order chi connectivity index (χ1) is 10.7. The number of hydrogen-bond donors (Lipinski definition) is 1. The number of aliphatic hydroxyl groups excluding tert-OH is 1. The minimum atomic E-state index is -0.201. The van der Waals surface area contributed by atoms with E-state index in [1.54, 1.807) is 35.5 Å². The Morgan fingerprint density at radius 1 is 1.41 bits per heavy atom. The van der Waals surface area contributed by atoms with E-state index in [2.05, 4.69) is 4.98 Å². The van der Waals surface area contributed by atoms with Crippen LogP contribution in [0.1, 0.15) is 15.9 Å². The molecule has 5 nitrogen and oxygen atoms in total. The third-order valence-electron chi connectivity index (χ3n) is 3.15. The van der Waals surface area contributed by atoms with Crippen molar-refractivity contribution in [2.45, 2.75) is 6.54 Å². The van der Waals surface area contributed by atoms with Gasteiger partial charge in [-0.15, -0.1) is 0 Å². The van der Waals surface area contributed by atoms with Gasteiger partial charge in [-0.05, 0) is 29.8 Å². The number of carbonyl (C=O) groups is 1. The highest BCUT2D eigenvalue weighted by Gasteiger charge is 2.17. The lowest BCUT2D eigenvalue weighted by Gasteiger charge is -2.22. The van der Waals surface area contributed by atoms with Crippen LogP contribution in [0.4, 0.5) is 0 Å². The molecule has 0 radical (unpaired) electrons. The largest absolute Gasteiger partial charge is 0.495 e. The van der Waals surface area contributed by atoms with E-state index in [9.17, 15) is 9.90 Å². The van der Waals surface area contributed by atoms with Gasteiger partial charge in [-0.3, -0.25) is 9.78 Å². The van der Waals surface area contributed by atoms with Gasteiger partial charge >= 0.3 is 0 Å². The molecule has 0 unspecified atom stereocenters. The lowest BCUT2D eigenvalue weighted by Crippen LogP contribution is -2.33. The minimum absolute atomic E-state index is 0.114. The average Bonchev–Trinajstić information content (AvgIpc) is 2.55. The molecule has 2 aromatic rings. The van der Waals surface area contributed by atoms with Crippen molar-refractivity contribution in [1.82, 2.24) is 9.88 Å². The first kappa shape index (κ1) is 16.3. The van der Waals surface area contributed by atoms with Crippen LogP contribution in [0.25, 0.3) is 0 Å². The van der Waals surface area contributed by atoms with Crippen LogP contribution in [0.5, 0.6) is 5.75 Å². The number of hydrogen-bond acceptors (Lipinski definition) is 4. The van der Waals surface area contributed by atoms with E-state index in [4.69, 9.17) is 16.3 Å². The molecule has 6 heteroatoms. The zero-order chi connectivity index (χ0) is 15.9. The van der Waals surface area contributed by atoms with Crippen molar-refractivity contribution in [2.75, 3.05) is 20.3 Å². The summed E-state index contributed by atoms with van der Waals surface area (Å²) in [4.78, 5) is 18.2. The molecule has 0 saturated heterocycles.